The molecule has 1 unspecified atom stereocenters. The number of carbonyl (C=O) groups is 1. The summed E-state index contributed by atoms with van der Waals surface area (Å²) in [5.74, 6) is 1.30. The standard InChI is InChI=1S/C17H17N3O3/c1-22-14-7-5-13(6-8-14)17(21)18-12-15(16-4-2-11-23-16)20-10-3-9-19-20/h2-11,15H,12H2,1H3,(H,18,21). The molecule has 0 fully saturated rings. The monoisotopic (exact) mass is 311 g/mol. The maximum absolute atomic E-state index is 12.3. The van der Waals surface area contributed by atoms with Gasteiger partial charge in [0.2, 0.25) is 0 Å². The van der Waals surface area contributed by atoms with E-state index in [0.29, 0.717) is 17.9 Å². The van der Waals surface area contributed by atoms with Gasteiger partial charge in [0.1, 0.15) is 17.6 Å². The highest BCUT2D eigenvalue weighted by molar-refractivity contribution is 5.94. The van der Waals surface area contributed by atoms with Gasteiger partial charge in [-0.15, -0.1) is 0 Å². The molecule has 0 aliphatic heterocycles. The average Bonchev–Trinajstić information content (AvgIpc) is 3.29. The Morgan fingerprint density at radius 2 is 2.13 bits per heavy atom. The van der Waals surface area contributed by atoms with E-state index in [1.54, 1.807) is 48.5 Å². The molecule has 0 aliphatic rings. The third kappa shape index (κ3) is 3.42. The van der Waals surface area contributed by atoms with Crippen LogP contribution >= 0.6 is 0 Å². The Morgan fingerprint density at radius 3 is 2.74 bits per heavy atom. The van der Waals surface area contributed by atoms with Crippen molar-refractivity contribution in [1.29, 1.82) is 0 Å². The van der Waals surface area contributed by atoms with E-state index >= 15 is 0 Å². The summed E-state index contributed by atoms with van der Waals surface area (Å²) in [6, 6.07) is 12.3. The summed E-state index contributed by atoms with van der Waals surface area (Å²) >= 11 is 0. The van der Waals surface area contributed by atoms with Gasteiger partial charge in [-0.1, -0.05) is 0 Å². The van der Waals surface area contributed by atoms with Crippen molar-refractivity contribution in [3.63, 3.8) is 0 Å². The molecule has 118 valence electrons. The van der Waals surface area contributed by atoms with E-state index in [4.69, 9.17) is 9.15 Å². The third-order valence-corrected chi connectivity index (χ3v) is 3.52. The van der Waals surface area contributed by atoms with Gasteiger partial charge in [-0.3, -0.25) is 9.48 Å². The number of aromatic nitrogens is 2. The number of carbonyl (C=O) groups excluding carboxylic acids is 1. The van der Waals surface area contributed by atoms with Crippen LogP contribution in [0, 0.1) is 0 Å². The third-order valence-electron chi connectivity index (χ3n) is 3.52. The number of furan rings is 1. The lowest BCUT2D eigenvalue weighted by Crippen LogP contribution is -2.31. The Hall–Kier alpha value is -3.02. The molecule has 2 heterocycles. The molecule has 1 N–H and O–H groups in total. The van der Waals surface area contributed by atoms with E-state index in [-0.39, 0.29) is 11.9 Å². The van der Waals surface area contributed by atoms with Gasteiger partial charge >= 0.3 is 0 Å². The van der Waals surface area contributed by atoms with E-state index in [0.717, 1.165) is 5.76 Å². The zero-order valence-corrected chi connectivity index (χ0v) is 12.7. The lowest BCUT2D eigenvalue weighted by Gasteiger charge is -2.16. The van der Waals surface area contributed by atoms with Crippen molar-refractivity contribution in [1.82, 2.24) is 15.1 Å². The quantitative estimate of drug-likeness (QED) is 0.759. The Morgan fingerprint density at radius 1 is 1.30 bits per heavy atom. The Kier molecular flexibility index (Phi) is 4.42. The minimum Gasteiger partial charge on any atom is -0.497 e. The fraction of sp³-hybridized carbons (Fsp3) is 0.176. The number of nitrogens with zero attached hydrogens (tertiary/aromatic N) is 2. The van der Waals surface area contributed by atoms with Crippen molar-refractivity contribution < 1.29 is 13.9 Å². The largest absolute Gasteiger partial charge is 0.497 e. The molecule has 6 heteroatoms. The van der Waals surface area contributed by atoms with Crippen LogP contribution in [0.5, 0.6) is 5.75 Å². The first-order valence-corrected chi connectivity index (χ1v) is 7.22. The average molecular weight is 311 g/mol. The maximum atomic E-state index is 12.3. The van der Waals surface area contributed by atoms with Crippen LogP contribution in [0.25, 0.3) is 0 Å². The number of hydrogen-bond donors (Lipinski definition) is 1. The van der Waals surface area contributed by atoms with Crippen LogP contribution in [-0.2, 0) is 0 Å². The smallest absolute Gasteiger partial charge is 0.251 e. The van der Waals surface area contributed by atoms with E-state index < -0.39 is 0 Å². The molecule has 0 saturated heterocycles. The summed E-state index contributed by atoms with van der Waals surface area (Å²) in [6.45, 7) is 0.375. The van der Waals surface area contributed by atoms with Crippen LogP contribution < -0.4 is 10.1 Å². The molecule has 3 rings (SSSR count). The first kappa shape index (κ1) is 14.9. The normalized spacial score (nSPS) is 11.9. The second-order valence-electron chi connectivity index (χ2n) is 4.96. The second-order valence-corrected chi connectivity index (χ2v) is 4.96. The summed E-state index contributed by atoms with van der Waals surface area (Å²) in [6.07, 6.45) is 5.14. The van der Waals surface area contributed by atoms with Crippen molar-refractivity contribution in [3.8, 4) is 5.75 Å². The lowest BCUT2D eigenvalue weighted by molar-refractivity contribution is 0.0948. The number of hydrogen-bond acceptors (Lipinski definition) is 4. The zero-order valence-electron chi connectivity index (χ0n) is 12.7. The second kappa shape index (κ2) is 6.83. The van der Waals surface area contributed by atoms with Gasteiger partial charge in [-0.2, -0.15) is 5.10 Å². The molecule has 1 amide bonds. The summed E-state index contributed by atoms with van der Waals surface area (Å²) in [7, 11) is 1.59. The fourth-order valence-corrected chi connectivity index (χ4v) is 2.30. The first-order valence-electron chi connectivity index (χ1n) is 7.22. The van der Waals surface area contributed by atoms with E-state index in [2.05, 4.69) is 10.4 Å². The molecule has 0 saturated carbocycles. The fourth-order valence-electron chi connectivity index (χ4n) is 2.30. The zero-order chi connectivity index (χ0) is 16.1. The minimum atomic E-state index is -0.192. The number of nitrogens with one attached hydrogen (secondary N) is 1. The van der Waals surface area contributed by atoms with Crippen molar-refractivity contribution in [2.24, 2.45) is 0 Å². The van der Waals surface area contributed by atoms with Crippen molar-refractivity contribution in [2.45, 2.75) is 6.04 Å². The van der Waals surface area contributed by atoms with Gasteiger partial charge in [-0.05, 0) is 42.5 Å². The lowest BCUT2D eigenvalue weighted by atomic mass is 10.2. The highest BCUT2D eigenvalue weighted by Crippen LogP contribution is 2.17. The number of rotatable bonds is 6. The van der Waals surface area contributed by atoms with Gasteiger partial charge in [-0.25, -0.2) is 0 Å². The number of methoxy groups -OCH3 is 1. The van der Waals surface area contributed by atoms with Crippen LogP contribution in [0.15, 0.2) is 65.5 Å². The van der Waals surface area contributed by atoms with Crippen LogP contribution in [-0.4, -0.2) is 29.3 Å². The van der Waals surface area contributed by atoms with E-state index in [1.165, 1.54) is 0 Å². The molecule has 3 aromatic rings. The van der Waals surface area contributed by atoms with Crippen LogP contribution in [0.3, 0.4) is 0 Å². The highest BCUT2D eigenvalue weighted by Gasteiger charge is 2.18. The van der Waals surface area contributed by atoms with Gasteiger partial charge in [0.05, 0.1) is 13.4 Å². The Balaban J connectivity index is 1.70. The molecule has 6 nitrogen and oxygen atoms in total. The maximum Gasteiger partial charge on any atom is 0.251 e. The predicted octanol–water partition coefficient (Wildman–Crippen LogP) is 2.50. The van der Waals surface area contributed by atoms with Crippen LogP contribution in [0.4, 0.5) is 0 Å². The van der Waals surface area contributed by atoms with Crippen LogP contribution in [0.1, 0.15) is 22.2 Å². The van der Waals surface area contributed by atoms with Crippen molar-refractivity contribution >= 4 is 5.91 Å². The molecule has 2 aromatic heterocycles. The Bertz CT molecular complexity index is 700. The topological polar surface area (TPSA) is 69.3 Å². The van der Waals surface area contributed by atoms with Gasteiger partial charge in [0, 0.05) is 24.5 Å². The summed E-state index contributed by atoms with van der Waals surface area (Å²) in [5.41, 5.74) is 0.574. The van der Waals surface area contributed by atoms with Gasteiger partial charge < -0.3 is 14.5 Å². The number of amides is 1. The SMILES string of the molecule is COc1ccc(C(=O)NCC(c2ccco2)n2cccn2)cc1. The molecule has 0 radical (unpaired) electrons. The summed E-state index contributed by atoms with van der Waals surface area (Å²) < 4.78 is 12.3. The summed E-state index contributed by atoms with van der Waals surface area (Å²) in [5, 5.41) is 7.15. The van der Waals surface area contributed by atoms with E-state index in [9.17, 15) is 4.79 Å². The molecule has 0 spiro atoms. The Labute approximate surface area is 133 Å². The van der Waals surface area contributed by atoms with Gasteiger partial charge in [0.15, 0.2) is 0 Å². The molecule has 23 heavy (non-hydrogen) atoms. The van der Waals surface area contributed by atoms with Crippen molar-refractivity contribution in [2.75, 3.05) is 13.7 Å². The molecule has 0 bridgehead atoms. The highest BCUT2D eigenvalue weighted by atomic mass is 16.5. The van der Waals surface area contributed by atoms with Gasteiger partial charge in [0.25, 0.3) is 5.91 Å². The number of ether oxygens (including phenoxy) is 1. The molecular weight excluding hydrogens is 294 g/mol. The molecule has 1 atom stereocenters. The minimum absolute atomic E-state index is 0.156. The van der Waals surface area contributed by atoms with Crippen molar-refractivity contribution in [3.05, 3.63) is 72.4 Å². The van der Waals surface area contributed by atoms with Crippen LogP contribution in [0.2, 0.25) is 0 Å². The first-order chi connectivity index (χ1) is 11.3. The van der Waals surface area contributed by atoms with E-state index in [1.807, 2.05) is 24.4 Å². The predicted molar refractivity (Wildman–Crippen MR) is 84.4 cm³/mol. The molecular formula is C17H17N3O3. The summed E-state index contributed by atoms with van der Waals surface area (Å²) in [4.78, 5) is 12.3. The molecule has 0 aliphatic carbocycles. The number of benzene rings is 1. The molecule has 1 aromatic carbocycles.